The zero-order valence-corrected chi connectivity index (χ0v) is 50.3. The highest BCUT2D eigenvalue weighted by atomic mass is 16.5. The van der Waals surface area contributed by atoms with Crippen molar-refractivity contribution >= 4 is 65.0 Å². The summed E-state index contributed by atoms with van der Waals surface area (Å²) in [5.74, 6) is -10.8. The van der Waals surface area contributed by atoms with Gasteiger partial charge in [-0.1, -0.05) is 94.2 Å². The molecule has 1 aromatic carbocycles. The van der Waals surface area contributed by atoms with Crippen LogP contribution in [0.4, 0.5) is 0 Å². The first-order chi connectivity index (χ1) is 37.4. The van der Waals surface area contributed by atoms with E-state index in [1.807, 2.05) is 6.92 Å². The van der Waals surface area contributed by atoms with Crippen molar-refractivity contribution in [2.24, 2.45) is 29.6 Å². The SMILES string of the molecule is CC[C@@H](C)[C@H]1C(=O)NCC(=O)N(C)[C@@H](C(C)C)C(=O)N[C@@H](Cc2ccc(OC)cc2)C(=O)N[C@@H](C)C(=O)N2CCCC[C@H]2C(=O)N(C)[C@@H](C(C)C)C(=O)N[C@@H](C(C)C)C(=O)N(C)[C@@H](CC(=O)O)C(=O)N(C)[C@@H]([C@@H](C)CC)C(=O)N1C. The Morgan fingerprint density at radius 3 is 1.65 bits per heavy atom. The van der Waals surface area contributed by atoms with Crippen molar-refractivity contribution in [1.29, 1.82) is 0 Å². The van der Waals surface area contributed by atoms with Gasteiger partial charge in [0.15, 0.2) is 0 Å². The zero-order chi connectivity index (χ0) is 60.8. The number of hydrogen-bond acceptors (Lipinski definition) is 12. The number of nitrogens with zero attached hydrogens (tertiary/aromatic N) is 6. The van der Waals surface area contributed by atoms with Crippen LogP contribution in [0.1, 0.15) is 120 Å². The van der Waals surface area contributed by atoms with Gasteiger partial charge in [0, 0.05) is 48.2 Å². The molecule has 80 heavy (non-hydrogen) atoms. The van der Waals surface area contributed by atoms with Gasteiger partial charge in [-0.2, -0.15) is 0 Å². The van der Waals surface area contributed by atoms with E-state index in [2.05, 4.69) is 21.3 Å². The minimum absolute atomic E-state index is 0.0527. The monoisotopic (exact) mass is 1120 g/mol. The van der Waals surface area contributed by atoms with Crippen molar-refractivity contribution in [1.82, 2.24) is 50.7 Å². The number of carboxylic acids is 1. The third kappa shape index (κ3) is 16.6. The fourth-order valence-electron chi connectivity index (χ4n) is 10.8. The Morgan fingerprint density at radius 2 is 1.12 bits per heavy atom. The number of hydrogen-bond donors (Lipinski definition) is 5. The van der Waals surface area contributed by atoms with Crippen LogP contribution in [0.2, 0.25) is 0 Å². The minimum atomic E-state index is -1.69. The van der Waals surface area contributed by atoms with E-state index in [-0.39, 0.29) is 19.4 Å². The van der Waals surface area contributed by atoms with Gasteiger partial charge in [-0.05, 0) is 73.5 Å². The number of likely N-dealkylation sites (N-methyl/N-ethyl adjacent to an activating group) is 5. The van der Waals surface area contributed by atoms with Gasteiger partial charge in [0.2, 0.25) is 59.1 Å². The second-order valence-corrected chi connectivity index (χ2v) is 22.8. The van der Waals surface area contributed by atoms with Gasteiger partial charge in [-0.15, -0.1) is 0 Å². The van der Waals surface area contributed by atoms with Crippen LogP contribution in [-0.4, -0.2) is 209 Å². The highest BCUT2D eigenvalue weighted by Crippen LogP contribution is 2.26. The lowest BCUT2D eigenvalue weighted by Crippen LogP contribution is -2.63. The molecule has 11 atom stereocenters. The van der Waals surface area contributed by atoms with Gasteiger partial charge < -0.3 is 60.5 Å². The average molecular weight is 1130 g/mol. The molecule has 2 aliphatic rings. The number of carbonyl (C=O) groups excluding carboxylic acids is 10. The Bertz CT molecular complexity index is 2380. The standard InChI is InChI=1S/C57H92N10O13/c1-18-34(9)47-50(72)58-30-42(68)63(13)45(32(5)6)51(73)60-39(28-37-23-25-38(80-17)26-24-37)49(71)59-36(11)53(75)67-27-21-20-22-40(67)54(76)64(14)46(33(7)8)52(74)61-44(31(3)4)56(78)62(12)41(29-43(69)70)55(77)66(16)48(35(10)19-2)57(79)65(47)15/h23-26,31-36,39-41,44-48H,18-22,27-30H2,1-17H3,(H,58,72)(H,59,71)(H,60,73)(H,61,74)(H,69,70)/t34-,35+,36+,39+,40+,41+,44+,45+,46+,47+,48+/m1/s1. The van der Waals surface area contributed by atoms with Crippen molar-refractivity contribution in [3.05, 3.63) is 29.8 Å². The lowest BCUT2D eigenvalue weighted by molar-refractivity contribution is -0.157. The molecule has 2 heterocycles. The van der Waals surface area contributed by atoms with Crippen molar-refractivity contribution in [3.63, 3.8) is 0 Å². The molecule has 1 aromatic rings. The van der Waals surface area contributed by atoms with Gasteiger partial charge >= 0.3 is 5.97 Å². The van der Waals surface area contributed by atoms with Crippen LogP contribution in [-0.2, 0) is 59.2 Å². The van der Waals surface area contributed by atoms with Gasteiger partial charge in [0.05, 0.1) is 20.1 Å². The number of nitrogens with one attached hydrogen (secondary N) is 4. The molecule has 2 fully saturated rings. The molecule has 23 heteroatoms. The van der Waals surface area contributed by atoms with Gasteiger partial charge in [-0.25, -0.2) is 0 Å². The van der Waals surface area contributed by atoms with E-state index in [4.69, 9.17) is 4.74 Å². The average Bonchev–Trinajstić information content (AvgIpc) is 3.41. The smallest absolute Gasteiger partial charge is 0.305 e. The lowest BCUT2D eigenvalue weighted by atomic mass is 9.92. The normalized spacial score (nSPS) is 26.7. The first kappa shape index (κ1) is 67.5. The van der Waals surface area contributed by atoms with Crippen LogP contribution in [0.15, 0.2) is 24.3 Å². The topological polar surface area (TPSA) is 285 Å². The number of ether oxygens (including phenoxy) is 1. The molecule has 448 valence electrons. The quantitative estimate of drug-likeness (QED) is 0.200. The molecule has 0 radical (unpaired) electrons. The Labute approximate surface area is 472 Å². The summed E-state index contributed by atoms with van der Waals surface area (Å²) in [6, 6.07) is -4.68. The summed E-state index contributed by atoms with van der Waals surface area (Å²) < 4.78 is 5.32. The number of carboxylic acid groups (broad SMARTS) is 1. The molecule has 10 amide bonds. The maximum absolute atomic E-state index is 14.9. The number of rotatable bonds is 12. The van der Waals surface area contributed by atoms with E-state index in [0.29, 0.717) is 37.0 Å². The summed E-state index contributed by atoms with van der Waals surface area (Å²) in [6.07, 6.45) is 1.14. The van der Waals surface area contributed by atoms with Crippen LogP contribution in [0.5, 0.6) is 5.75 Å². The maximum atomic E-state index is 14.9. The largest absolute Gasteiger partial charge is 0.497 e. The summed E-state index contributed by atoms with van der Waals surface area (Å²) in [5.41, 5.74) is 0.621. The molecule has 5 N–H and O–H groups in total. The molecule has 0 aromatic heterocycles. The third-order valence-corrected chi connectivity index (χ3v) is 15.9. The Morgan fingerprint density at radius 1 is 0.600 bits per heavy atom. The molecular formula is C57H92N10O13. The zero-order valence-electron chi connectivity index (χ0n) is 50.3. The number of piperidine rings is 1. The van der Waals surface area contributed by atoms with E-state index in [1.165, 1.54) is 64.0 Å². The first-order valence-electron chi connectivity index (χ1n) is 28.0. The summed E-state index contributed by atoms with van der Waals surface area (Å²) in [6.45, 7) is 18.2. The molecule has 2 saturated heterocycles. The number of methoxy groups -OCH3 is 1. The van der Waals surface area contributed by atoms with E-state index in [9.17, 15) is 57.8 Å². The molecule has 2 aliphatic heterocycles. The number of benzene rings is 1. The van der Waals surface area contributed by atoms with Crippen LogP contribution in [0.25, 0.3) is 0 Å². The summed E-state index contributed by atoms with van der Waals surface area (Å²) >= 11 is 0. The Hall–Kier alpha value is -6.81. The third-order valence-electron chi connectivity index (χ3n) is 15.9. The Kier molecular flexibility index (Phi) is 25.4. The minimum Gasteiger partial charge on any atom is -0.497 e. The number of amides is 10. The first-order valence-corrected chi connectivity index (χ1v) is 28.0. The van der Waals surface area contributed by atoms with Crippen molar-refractivity contribution in [3.8, 4) is 5.75 Å². The number of aliphatic carboxylic acids is 1. The highest BCUT2D eigenvalue weighted by molar-refractivity contribution is 6.00. The predicted molar refractivity (Wildman–Crippen MR) is 299 cm³/mol. The van der Waals surface area contributed by atoms with E-state index < -0.39 is 162 Å². The summed E-state index contributed by atoms with van der Waals surface area (Å²) in [4.78, 5) is 165. The summed E-state index contributed by atoms with van der Waals surface area (Å²) in [5, 5.41) is 21.2. The van der Waals surface area contributed by atoms with Crippen molar-refractivity contribution in [2.75, 3.05) is 55.4 Å². The van der Waals surface area contributed by atoms with E-state index in [0.717, 1.165) is 14.7 Å². The molecule has 0 aliphatic carbocycles. The second-order valence-electron chi connectivity index (χ2n) is 22.8. The maximum Gasteiger partial charge on any atom is 0.305 e. The highest BCUT2D eigenvalue weighted by Gasteiger charge is 2.45. The molecule has 3 rings (SSSR count). The van der Waals surface area contributed by atoms with E-state index >= 15 is 0 Å². The van der Waals surface area contributed by atoms with Crippen molar-refractivity contribution in [2.45, 2.75) is 175 Å². The van der Waals surface area contributed by atoms with Gasteiger partial charge in [0.25, 0.3) is 0 Å². The second kappa shape index (κ2) is 30.1. The number of carbonyl (C=O) groups is 11. The predicted octanol–water partition coefficient (Wildman–Crippen LogP) is 1.89. The molecular weight excluding hydrogens is 1030 g/mol. The van der Waals surface area contributed by atoms with Gasteiger partial charge in [-0.3, -0.25) is 52.7 Å². The Balaban J connectivity index is 2.27. The van der Waals surface area contributed by atoms with Crippen molar-refractivity contribution < 1.29 is 62.6 Å². The number of fused-ring (bicyclic) bond motifs is 1. The lowest BCUT2D eigenvalue weighted by Gasteiger charge is -2.41. The van der Waals surface area contributed by atoms with Crippen LogP contribution >= 0.6 is 0 Å². The van der Waals surface area contributed by atoms with Crippen LogP contribution in [0.3, 0.4) is 0 Å². The molecule has 23 nitrogen and oxygen atoms in total. The van der Waals surface area contributed by atoms with Crippen LogP contribution in [0, 0.1) is 29.6 Å². The molecule has 0 spiro atoms. The molecule has 0 saturated carbocycles. The fourth-order valence-corrected chi connectivity index (χ4v) is 10.8. The van der Waals surface area contributed by atoms with Crippen LogP contribution < -0.4 is 26.0 Å². The fraction of sp³-hybridized carbons (Fsp3) is 0.702. The molecule has 0 unspecified atom stereocenters. The van der Waals surface area contributed by atoms with Gasteiger partial charge in [0.1, 0.15) is 60.1 Å². The van der Waals surface area contributed by atoms with E-state index in [1.54, 1.807) is 86.6 Å². The molecule has 0 bridgehead atoms. The summed E-state index contributed by atoms with van der Waals surface area (Å²) in [7, 11) is 8.29.